The first-order valence-corrected chi connectivity index (χ1v) is 7.83. The number of carboxylic acid groups (broad SMARTS) is 1. The lowest BCUT2D eigenvalue weighted by Gasteiger charge is -2.16. The molecule has 0 aliphatic carbocycles. The smallest absolute Gasteiger partial charge is 0.416 e. The van der Waals surface area contributed by atoms with Gasteiger partial charge >= 0.3 is 6.18 Å². The standard InChI is InChI=1S/C16H12F3NO3S/c1-24-13-5-3-2-4-11(13)14(21)20-12-8-9(16(17,18)19)6-7-10(12)15(22)23/h2-8H,1H3,(H,20,21)(H,22,23)/p-1. The summed E-state index contributed by atoms with van der Waals surface area (Å²) in [6.07, 6.45) is -2.93. The van der Waals surface area contributed by atoms with Gasteiger partial charge in [-0.25, -0.2) is 0 Å². The third-order valence-corrected chi connectivity index (χ3v) is 3.96. The summed E-state index contributed by atoms with van der Waals surface area (Å²) in [6.45, 7) is 0. The van der Waals surface area contributed by atoms with E-state index in [0.717, 1.165) is 6.07 Å². The Morgan fingerprint density at radius 1 is 1.08 bits per heavy atom. The fraction of sp³-hybridized carbons (Fsp3) is 0.125. The van der Waals surface area contributed by atoms with Crippen molar-refractivity contribution >= 4 is 29.3 Å². The van der Waals surface area contributed by atoms with Crippen molar-refractivity contribution in [3.8, 4) is 0 Å². The molecule has 0 aliphatic rings. The number of carboxylic acids is 1. The van der Waals surface area contributed by atoms with E-state index in [4.69, 9.17) is 0 Å². The van der Waals surface area contributed by atoms with Crippen molar-refractivity contribution in [1.82, 2.24) is 0 Å². The Morgan fingerprint density at radius 3 is 2.33 bits per heavy atom. The van der Waals surface area contributed by atoms with Gasteiger partial charge in [0.1, 0.15) is 0 Å². The molecule has 2 aromatic rings. The molecular weight excluding hydrogens is 343 g/mol. The third kappa shape index (κ3) is 3.88. The maximum absolute atomic E-state index is 12.8. The molecule has 4 nitrogen and oxygen atoms in total. The van der Waals surface area contributed by atoms with Crippen LogP contribution in [0.1, 0.15) is 26.3 Å². The molecule has 0 aliphatic heterocycles. The summed E-state index contributed by atoms with van der Waals surface area (Å²) in [5.74, 6) is -2.39. The van der Waals surface area contributed by atoms with Crippen LogP contribution in [0.15, 0.2) is 47.4 Å². The van der Waals surface area contributed by atoms with Gasteiger partial charge in [0, 0.05) is 10.5 Å². The van der Waals surface area contributed by atoms with Gasteiger partial charge in [-0.2, -0.15) is 13.2 Å². The highest BCUT2D eigenvalue weighted by Crippen LogP contribution is 2.32. The summed E-state index contributed by atoms with van der Waals surface area (Å²) in [4.78, 5) is 24.0. The molecule has 0 atom stereocenters. The Labute approximate surface area is 139 Å². The van der Waals surface area contributed by atoms with Crippen LogP contribution in [0.5, 0.6) is 0 Å². The van der Waals surface area contributed by atoms with E-state index >= 15 is 0 Å². The number of thioether (sulfide) groups is 1. The molecule has 1 amide bonds. The molecule has 0 fully saturated rings. The summed E-state index contributed by atoms with van der Waals surface area (Å²) < 4.78 is 38.4. The number of halogens is 3. The molecule has 0 radical (unpaired) electrons. The zero-order valence-corrected chi connectivity index (χ0v) is 13.1. The number of nitrogens with one attached hydrogen (secondary N) is 1. The number of amides is 1. The monoisotopic (exact) mass is 354 g/mol. The van der Waals surface area contributed by atoms with Crippen LogP contribution in [0.4, 0.5) is 18.9 Å². The summed E-state index contributed by atoms with van der Waals surface area (Å²) in [5.41, 5.74) is -1.84. The first-order valence-electron chi connectivity index (χ1n) is 6.61. The van der Waals surface area contributed by atoms with Gasteiger partial charge in [-0.05, 0) is 30.5 Å². The number of benzene rings is 2. The van der Waals surface area contributed by atoms with E-state index in [-0.39, 0.29) is 5.56 Å². The molecule has 0 aromatic heterocycles. The lowest BCUT2D eigenvalue weighted by molar-refractivity contribution is -0.254. The van der Waals surface area contributed by atoms with E-state index < -0.39 is 34.9 Å². The van der Waals surface area contributed by atoms with Gasteiger partial charge < -0.3 is 15.2 Å². The SMILES string of the molecule is CSc1ccccc1C(=O)Nc1cc(C(F)(F)F)ccc1C(=O)[O-]. The molecule has 8 heteroatoms. The Kier molecular flexibility index (Phi) is 5.18. The number of alkyl halides is 3. The summed E-state index contributed by atoms with van der Waals surface area (Å²) in [6, 6.07) is 8.42. The van der Waals surface area contributed by atoms with E-state index in [0.29, 0.717) is 17.0 Å². The number of rotatable bonds is 4. The van der Waals surface area contributed by atoms with Crippen molar-refractivity contribution < 1.29 is 27.9 Å². The number of carbonyl (C=O) groups excluding carboxylic acids is 2. The Hall–Kier alpha value is -2.48. The second-order valence-electron chi connectivity index (χ2n) is 4.70. The van der Waals surface area contributed by atoms with Crippen LogP contribution in [-0.4, -0.2) is 18.1 Å². The largest absolute Gasteiger partial charge is 0.545 e. The molecule has 0 heterocycles. The fourth-order valence-electron chi connectivity index (χ4n) is 2.02. The average molecular weight is 354 g/mol. The van der Waals surface area contributed by atoms with Crippen molar-refractivity contribution in [2.45, 2.75) is 11.1 Å². The van der Waals surface area contributed by atoms with Crippen LogP contribution < -0.4 is 10.4 Å². The zero-order valence-electron chi connectivity index (χ0n) is 12.3. The fourth-order valence-corrected chi connectivity index (χ4v) is 2.62. The topological polar surface area (TPSA) is 69.2 Å². The molecule has 2 aromatic carbocycles. The Balaban J connectivity index is 2.43. The first-order chi connectivity index (χ1) is 11.2. The molecule has 2 rings (SSSR count). The first kappa shape index (κ1) is 17.9. The summed E-state index contributed by atoms with van der Waals surface area (Å²) >= 11 is 1.28. The Bertz CT molecular complexity index is 790. The highest BCUT2D eigenvalue weighted by molar-refractivity contribution is 7.98. The van der Waals surface area contributed by atoms with E-state index in [1.165, 1.54) is 17.8 Å². The van der Waals surface area contributed by atoms with Crippen molar-refractivity contribution in [1.29, 1.82) is 0 Å². The molecule has 0 spiro atoms. The molecular formula is C16H11F3NO3S-. The minimum atomic E-state index is -4.67. The Morgan fingerprint density at radius 2 is 1.75 bits per heavy atom. The van der Waals surface area contributed by atoms with Crippen LogP contribution in [0.25, 0.3) is 0 Å². The maximum Gasteiger partial charge on any atom is 0.416 e. The molecule has 0 unspecified atom stereocenters. The number of hydrogen-bond donors (Lipinski definition) is 1. The quantitative estimate of drug-likeness (QED) is 0.857. The van der Waals surface area contributed by atoms with Crippen molar-refractivity contribution in [3.63, 3.8) is 0 Å². The van der Waals surface area contributed by atoms with Gasteiger partial charge in [0.15, 0.2) is 0 Å². The number of aromatic carboxylic acids is 1. The number of hydrogen-bond acceptors (Lipinski definition) is 4. The molecule has 24 heavy (non-hydrogen) atoms. The van der Waals surface area contributed by atoms with E-state index in [1.807, 2.05) is 0 Å². The lowest BCUT2D eigenvalue weighted by Crippen LogP contribution is -2.25. The van der Waals surface area contributed by atoms with Gasteiger partial charge in [0.25, 0.3) is 5.91 Å². The van der Waals surface area contributed by atoms with Gasteiger partial charge in [-0.1, -0.05) is 18.2 Å². The van der Waals surface area contributed by atoms with Gasteiger partial charge in [0.2, 0.25) is 0 Å². The van der Waals surface area contributed by atoms with Crippen LogP contribution in [0, 0.1) is 0 Å². The molecule has 0 saturated heterocycles. The summed E-state index contributed by atoms with van der Waals surface area (Å²) in [7, 11) is 0. The third-order valence-electron chi connectivity index (χ3n) is 3.17. The normalized spacial score (nSPS) is 11.2. The number of carbonyl (C=O) groups is 2. The van der Waals surface area contributed by atoms with Crippen molar-refractivity contribution in [2.24, 2.45) is 0 Å². The van der Waals surface area contributed by atoms with Crippen molar-refractivity contribution in [2.75, 3.05) is 11.6 Å². The lowest BCUT2D eigenvalue weighted by atomic mass is 10.1. The van der Waals surface area contributed by atoms with E-state index in [9.17, 15) is 27.9 Å². The van der Waals surface area contributed by atoms with Crippen LogP contribution in [0.2, 0.25) is 0 Å². The highest BCUT2D eigenvalue weighted by atomic mass is 32.2. The molecule has 1 N–H and O–H groups in total. The second kappa shape index (κ2) is 6.96. The van der Waals surface area contributed by atoms with Crippen LogP contribution in [0.3, 0.4) is 0 Å². The number of anilines is 1. The van der Waals surface area contributed by atoms with Crippen LogP contribution in [-0.2, 0) is 6.18 Å². The maximum atomic E-state index is 12.8. The molecule has 0 bridgehead atoms. The molecule has 126 valence electrons. The minimum Gasteiger partial charge on any atom is -0.545 e. The average Bonchev–Trinajstić information content (AvgIpc) is 2.53. The van der Waals surface area contributed by atoms with Crippen LogP contribution >= 0.6 is 11.8 Å². The van der Waals surface area contributed by atoms with E-state index in [2.05, 4.69) is 5.32 Å². The predicted molar refractivity (Wildman–Crippen MR) is 82.0 cm³/mol. The van der Waals surface area contributed by atoms with Gasteiger partial charge in [0.05, 0.1) is 22.8 Å². The van der Waals surface area contributed by atoms with Gasteiger partial charge in [-0.3, -0.25) is 4.79 Å². The van der Waals surface area contributed by atoms with E-state index in [1.54, 1.807) is 24.5 Å². The molecule has 0 saturated carbocycles. The van der Waals surface area contributed by atoms with Crippen molar-refractivity contribution in [3.05, 3.63) is 59.2 Å². The zero-order chi connectivity index (χ0) is 17.9. The predicted octanol–water partition coefficient (Wildman–Crippen LogP) is 3.04. The van der Waals surface area contributed by atoms with Gasteiger partial charge in [-0.15, -0.1) is 11.8 Å². The second-order valence-corrected chi connectivity index (χ2v) is 5.55. The highest BCUT2D eigenvalue weighted by Gasteiger charge is 2.31. The summed E-state index contributed by atoms with van der Waals surface area (Å²) in [5, 5.41) is 13.3. The minimum absolute atomic E-state index is 0.228.